The summed E-state index contributed by atoms with van der Waals surface area (Å²) >= 11 is 1.63. The smallest absolute Gasteiger partial charge is 0.406 e. The quantitative estimate of drug-likeness (QED) is 0.565. The summed E-state index contributed by atoms with van der Waals surface area (Å²) in [5, 5.41) is 3.10. The molecule has 0 radical (unpaired) electrons. The summed E-state index contributed by atoms with van der Waals surface area (Å²) in [6.45, 7) is 7.58. The Bertz CT molecular complexity index is 958. The second-order valence-electron chi connectivity index (χ2n) is 9.31. The van der Waals surface area contributed by atoms with Crippen LogP contribution in [0.2, 0.25) is 0 Å². The van der Waals surface area contributed by atoms with Crippen molar-refractivity contribution < 1.29 is 27.4 Å². The number of halogens is 3. The van der Waals surface area contributed by atoms with Gasteiger partial charge in [-0.25, -0.2) is 9.78 Å². The summed E-state index contributed by atoms with van der Waals surface area (Å²) in [4.78, 5) is 21.9. The molecule has 1 aromatic heterocycles. The zero-order chi connectivity index (χ0) is 24.3. The van der Waals surface area contributed by atoms with Crippen molar-refractivity contribution >= 4 is 17.4 Å². The number of benzene rings is 1. The molecule has 186 valence electrons. The number of aromatic nitrogens is 1. The monoisotopic (exact) mass is 497 g/mol. The zero-order valence-corrected chi connectivity index (χ0v) is 20.2. The van der Waals surface area contributed by atoms with Gasteiger partial charge in [-0.1, -0.05) is 26.0 Å². The molecule has 0 N–H and O–H groups in total. The van der Waals surface area contributed by atoms with Crippen LogP contribution in [-0.2, 0) is 11.2 Å². The molecule has 0 aliphatic carbocycles. The molecule has 0 saturated carbocycles. The molecule has 3 heterocycles. The van der Waals surface area contributed by atoms with Crippen LogP contribution >= 0.6 is 11.3 Å². The van der Waals surface area contributed by atoms with Crippen molar-refractivity contribution in [1.29, 1.82) is 0 Å². The Balaban J connectivity index is 1.55. The lowest BCUT2D eigenvalue weighted by atomic mass is 9.84. The van der Waals surface area contributed by atoms with Crippen LogP contribution in [0.4, 0.5) is 18.0 Å². The summed E-state index contributed by atoms with van der Waals surface area (Å²) in [6, 6.07) is 5.99. The number of alkyl halides is 3. The molecule has 0 spiro atoms. The fraction of sp³-hybridized carbons (Fsp3) is 0.583. The normalized spacial score (nSPS) is 21.7. The fourth-order valence-electron chi connectivity index (χ4n) is 4.59. The third-order valence-corrected chi connectivity index (χ3v) is 7.18. The highest BCUT2D eigenvalue weighted by Crippen LogP contribution is 2.38. The van der Waals surface area contributed by atoms with E-state index in [1.165, 1.54) is 12.1 Å². The largest absolute Gasteiger partial charge is 0.573 e. The van der Waals surface area contributed by atoms with E-state index in [0.717, 1.165) is 29.1 Å². The van der Waals surface area contributed by atoms with Crippen molar-refractivity contribution in [3.05, 3.63) is 45.9 Å². The van der Waals surface area contributed by atoms with Crippen LogP contribution in [0.5, 0.6) is 5.75 Å². The maximum Gasteiger partial charge on any atom is 0.573 e. The van der Waals surface area contributed by atoms with Gasteiger partial charge >= 0.3 is 12.4 Å². The Kier molecular flexibility index (Phi) is 7.67. The van der Waals surface area contributed by atoms with Gasteiger partial charge in [0.05, 0.1) is 23.9 Å². The fourth-order valence-corrected chi connectivity index (χ4v) is 5.53. The average Bonchev–Trinajstić information content (AvgIpc) is 3.26. The molecule has 2 unspecified atom stereocenters. The Morgan fingerprint density at radius 3 is 2.47 bits per heavy atom. The van der Waals surface area contributed by atoms with Gasteiger partial charge in [0.2, 0.25) is 0 Å². The minimum atomic E-state index is -4.72. The number of thiazole rings is 1. The summed E-state index contributed by atoms with van der Waals surface area (Å²) in [5.74, 6) is 0.316. The standard InChI is InChI=1S/C24H30F3N3O3S/c1-16(2)11-20-15-34-22(28-20)19-12-18(17-3-5-21(6-4-17)33-24(25,26)27)13-30(14-19)23(31)29-7-9-32-10-8-29/h3-6,15-16,18-19H,7-14H2,1-2H3. The Labute approximate surface area is 201 Å². The molecule has 2 atom stereocenters. The number of nitrogens with zero attached hydrogens (tertiary/aromatic N) is 3. The highest BCUT2D eigenvalue weighted by molar-refractivity contribution is 7.09. The molecule has 6 nitrogen and oxygen atoms in total. The van der Waals surface area contributed by atoms with Gasteiger partial charge in [-0.05, 0) is 36.5 Å². The third kappa shape index (κ3) is 6.41. The number of carbonyl (C=O) groups excluding carboxylic acids is 1. The first-order chi connectivity index (χ1) is 16.2. The van der Waals surface area contributed by atoms with Crippen molar-refractivity contribution in [3.8, 4) is 5.75 Å². The molecule has 2 saturated heterocycles. The molecule has 1 aromatic carbocycles. The van der Waals surface area contributed by atoms with Gasteiger partial charge in [0.1, 0.15) is 5.75 Å². The van der Waals surface area contributed by atoms with Crippen molar-refractivity contribution in [3.63, 3.8) is 0 Å². The zero-order valence-electron chi connectivity index (χ0n) is 19.4. The van der Waals surface area contributed by atoms with Gasteiger partial charge in [-0.15, -0.1) is 24.5 Å². The minimum Gasteiger partial charge on any atom is -0.406 e. The number of carbonyl (C=O) groups is 1. The van der Waals surface area contributed by atoms with E-state index in [9.17, 15) is 18.0 Å². The van der Waals surface area contributed by atoms with Gasteiger partial charge in [0.25, 0.3) is 0 Å². The highest BCUT2D eigenvalue weighted by atomic mass is 32.1. The SMILES string of the molecule is CC(C)Cc1csc(C2CC(c3ccc(OC(F)(F)F)cc3)CN(C(=O)N3CCOCC3)C2)n1. The lowest BCUT2D eigenvalue weighted by Gasteiger charge is -2.40. The summed E-state index contributed by atoms with van der Waals surface area (Å²) in [6.07, 6.45) is -3.04. The van der Waals surface area contributed by atoms with E-state index in [0.29, 0.717) is 45.3 Å². The molecule has 2 aliphatic rings. The number of ether oxygens (including phenoxy) is 2. The number of morpholine rings is 1. The van der Waals surface area contributed by atoms with Crippen molar-refractivity contribution in [2.75, 3.05) is 39.4 Å². The van der Waals surface area contributed by atoms with Crippen LogP contribution in [-0.4, -0.2) is 66.6 Å². The van der Waals surface area contributed by atoms with Gasteiger partial charge in [0, 0.05) is 43.4 Å². The van der Waals surface area contributed by atoms with Crippen LogP contribution < -0.4 is 4.74 Å². The van der Waals surface area contributed by atoms with E-state index in [1.54, 1.807) is 23.5 Å². The number of hydrogen-bond donors (Lipinski definition) is 0. The molecule has 10 heteroatoms. The van der Waals surface area contributed by atoms with Gasteiger partial charge in [-0.2, -0.15) is 0 Å². The van der Waals surface area contributed by atoms with E-state index in [-0.39, 0.29) is 23.6 Å². The molecule has 2 amide bonds. The van der Waals surface area contributed by atoms with Crippen molar-refractivity contribution in [1.82, 2.24) is 14.8 Å². The van der Waals surface area contributed by atoms with E-state index in [4.69, 9.17) is 9.72 Å². The molecular weight excluding hydrogens is 467 g/mol. The van der Waals surface area contributed by atoms with E-state index >= 15 is 0 Å². The molecule has 2 fully saturated rings. The molecular formula is C24H30F3N3O3S. The summed E-state index contributed by atoms with van der Waals surface area (Å²) in [5.41, 5.74) is 1.95. The molecule has 4 rings (SSSR count). The van der Waals surface area contributed by atoms with Crippen LogP contribution in [0.3, 0.4) is 0 Å². The van der Waals surface area contributed by atoms with Crippen LogP contribution in [0.25, 0.3) is 0 Å². The lowest BCUT2D eigenvalue weighted by molar-refractivity contribution is -0.274. The van der Waals surface area contributed by atoms with Gasteiger partial charge < -0.3 is 19.3 Å². The van der Waals surface area contributed by atoms with E-state index < -0.39 is 6.36 Å². The molecule has 2 aromatic rings. The lowest BCUT2D eigenvalue weighted by Crippen LogP contribution is -2.52. The topological polar surface area (TPSA) is 54.9 Å². The number of urea groups is 1. The van der Waals surface area contributed by atoms with Crippen LogP contribution in [0, 0.1) is 5.92 Å². The number of hydrogen-bond acceptors (Lipinski definition) is 5. The van der Waals surface area contributed by atoms with Crippen molar-refractivity contribution in [2.24, 2.45) is 5.92 Å². The van der Waals surface area contributed by atoms with E-state index in [2.05, 4.69) is 24.0 Å². The summed E-state index contributed by atoms with van der Waals surface area (Å²) in [7, 11) is 0. The highest BCUT2D eigenvalue weighted by Gasteiger charge is 2.36. The first kappa shape index (κ1) is 24.8. The number of rotatable bonds is 5. The number of amides is 2. The average molecular weight is 498 g/mol. The van der Waals surface area contributed by atoms with Crippen LogP contribution in [0.15, 0.2) is 29.6 Å². The third-order valence-electron chi connectivity index (χ3n) is 6.12. The number of piperidine rings is 1. The predicted molar refractivity (Wildman–Crippen MR) is 123 cm³/mol. The van der Waals surface area contributed by atoms with Gasteiger partial charge in [-0.3, -0.25) is 0 Å². The second-order valence-corrected chi connectivity index (χ2v) is 10.2. The first-order valence-electron chi connectivity index (χ1n) is 11.6. The molecule has 0 bridgehead atoms. The van der Waals surface area contributed by atoms with Gasteiger partial charge in [0.15, 0.2) is 0 Å². The predicted octanol–water partition coefficient (Wildman–Crippen LogP) is 5.27. The van der Waals surface area contributed by atoms with Crippen LogP contribution in [0.1, 0.15) is 48.4 Å². The Morgan fingerprint density at radius 1 is 1.15 bits per heavy atom. The Morgan fingerprint density at radius 2 is 1.82 bits per heavy atom. The minimum absolute atomic E-state index is 0.0128. The second kappa shape index (κ2) is 10.5. The van der Waals surface area contributed by atoms with E-state index in [1.807, 2.05) is 9.80 Å². The maximum absolute atomic E-state index is 13.3. The molecule has 34 heavy (non-hydrogen) atoms. The number of likely N-dealkylation sites (tertiary alicyclic amines) is 1. The summed E-state index contributed by atoms with van der Waals surface area (Å²) < 4.78 is 47.0. The van der Waals surface area contributed by atoms with Crippen molar-refractivity contribution in [2.45, 2.75) is 44.9 Å². The first-order valence-corrected chi connectivity index (χ1v) is 12.5. The Hall–Kier alpha value is -2.33. The molecule has 2 aliphatic heterocycles. The maximum atomic E-state index is 13.3.